The lowest BCUT2D eigenvalue weighted by molar-refractivity contribution is -0.137. The molecule has 0 aliphatic rings. The number of thioether (sulfide) groups is 1. The van der Waals surface area contributed by atoms with Gasteiger partial charge in [-0.3, -0.25) is 9.59 Å². The van der Waals surface area contributed by atoms with E-state index in [9.17, 15) is 22.8 Å². The van der Waals surface area contributed by atoms with Crippen LogP contribution < -0.4 is 16.1 Å². The number of carbonyl (C=O) groups excluding carboxylic acids is 2. The number of carbonyl (C=O) groups is 2. The molecule has 0 heterocycles. The van der Waals surface area contributed by atoms with Gasteiger partial charge in [0.2, 0.25) is 0 Å². The maximum atomic E-state index is 13.1. The maximum Gasteiger partial charge on any atom is 0.417 e. The molecule has 0 aliphatic carbocycles. The average Bonchev–Trinajstić information content (AvgIpc) is 2.90. The molecule has 0 unspecified atom stereocenters. The van der Waals surface area contributed by atoms with E-state index in [-0.39, 0.29) is 16.8 Å². The van der Waals surface area contributed by atoms with E-state index in [4.69, 9.17) is 11.6 Å². The number of amides is 2. The molecule has 6 nitrogen and oxygen atoms in total. The largest absolute Gasteiger partial charge is 0.417 e. The fourth-order valence-electron chi connectivity index (χ4n) is 3.37. The van der Waals surface area contributed by atoms with E-state index in [2.05, 4.69) is 44.0 Å². The second-order valence-corrected chi connectivity index (χ2v) is 10.9. The van der Waals surface area contributed by atoms with Crippen LogP contribution in [-0.4, -0.2) is 36.1 Å². The molecule has 3 N–H and O–H groups in total. The molecule has 3 aromatic carbocycles. The Hall–Kier alpha value is -2.86. The van der Waals surface area contributed by atoms with Crippen molar-refractivity contribution < 1.29 is 22.8 Å². The average molecular weight is 642 g/mol. The number of nitrogens with zero attached hydrogens (tertiary/aromatic N) is 1. The van der Waals surface area contributed by atoms with E-state index in [0.717, 1.165) is 42.0 Å². The molecular weight excluding hydrogens is 617 g/mol. The summed E-state index contributed by atoms with van der Waals surface area (Å²) in [6.07, 6.45) is -3.56. The highest BCUT2D eigenvalue weighted by molar-refractivity contribution is 9.10. The second kappa shape index (κ2) is 14.5. The fourth-order valence-corrected chi connectivity index (χ4v) is 4.53. The number of halogens is 5. The Morgan fingerprint density at radius 3 is 2.49 bits per heavy atom. The lowest BCUT2D eigenvalue weighted by Crippen LogP contribution is -2.21. The van der Waals surface area contributed by atoms with Crippen molar-refractivity contribution >= 4 is 63.0 Å². The molecule has 206 valence electrons. The second-order valence-electron chi connectivity index (χ2n) is 8.15. The van der Waals surface area contributed by atoms with E-state index in [1.165, 1.54) is 12.1 Å². The zero-order valence-corrected chi connectivity index (χ0v) is 23.9. The lowest BCUT2D eigenvalue weighted by atomic mass is 10.1. The summed E-state index contributed by atoms with van der Waals surface area (Å²) in [5.74, 6) is 1.03. The molecule has 12 heteroatoms. The summed E-state index contributed by atoms with van der Waals surface area (Å²) >= 11 is 10.8. The Labute approximate surface area is 241 Å². The van der Waals surface area contributed by atoms with Gasteiger partial charge in [-0.2, -0.15) is 30.0 Å². The first-order valence-corrected chi connectivity index (χ1v) is 14.1. The van der Waals surface area contributed by atoms with Crippen LogP contribution in [0.25, 0.3) is 0 Å². The monoisotopic (exact) mass is 640 g/mol. The number of rotatable bonds is 11. The van der Waals surface area contributed by atoms with Crippen molar-refractivity contribution in [3.63, 3.8) is 0 Å². The third-order valence-electron chi connectivity index (χ3n) is 5.32. The molecule has 3 rings (SSSR count). The highest BCUT2D eigenvalue weighted by Crippen LogP contribution is 2.34. The third kappa shape index (κ3) is 9.38. The molecule has 0 radical (unpaired) electrons. The first-order chi connectivity index (χ1) is 18.6. The number of hydrogen-bond acceptors (Lipinski definition) is 5. The smallest absolute Gasteiger partial charge is 0.321 e. The first-order valence-electron chi connectivity index (χ1n) is 11.8. The van der Waals surface area contributed by atoms with Gasteiger partial charge in [-0.05, 0) is 59.3 Å². The van der Waals surface area contributed by atoms with E-state index in [1.807, 2.05) is 23.9 Å². The van der Waals surface area contributed by atoms with Crippen molar-refractivity contribution in [3.8, 4) is 0 Å². The van der Waals surface area contributed by atoms with Gasteiger partial charge in [0.15, 0.2) is 0 Å². The van der Waals surface area contributed by atoms with Gasteiger partial charge in [0, 0.05) is 28.9 Å². The van der Waals surface area contributed by atoms with Crippen LogP contribution in [0.15, 0.2) is 70.2 Å². The summed E-state index contributed by atoms with van der Waals surface area (Å²) < 4.78 is 39.8. The minimum absolute atomic E-state index is 0.0910. The highest BCUT2D eigenvalue weighted by atomic mass is 79.9. The molecule has 0 saturated carbocycles. The van der Waals surface area contributed by atoms with Crippen molar-refractivity contribution in [2.24, 2.45) is 5.10 Å². The Balaban J connectivity index is 1.66. The molecule has 39 heavy (non-hydrogen) atoms. The molecule has 0 bridgehead atoms. The molecule has 0 spiro atoms. The summed E-state index contributed by atoms with van der Waals surface area (Å²) in [5.41, 5.74) is 3.15. The van der Waals surface area contributed by atoms with Crippen LogP contribution in [0.5, 0.6) is 0 Å². The quantitative estimate of drug-likeness (QED) is 0.120. The highest BCUT2D eigenvalue weighted by Gasteiger charge is 2.33. The third-order valence-corrected chi connectivity index (χ3v) is 7.05. The van der Waals surface area contributed by atoms with Crippen molar-refractivity contribution in [2.75, 3.05) is 23.4 Å². The SMILES string of the molecule is CCSCCNCc1ccc(C(=O)Nc2ccc(Br)cc2C(=O)NN=Cc2ccc(Cl)c(C(F)(F)F)c2)cc1. The van der Waals surface area contributed by atoms with Crippen LogP contribution >= 0.6 is 39.3 Å². The minimum Gasteiger partial charge on any atom is -0.321 e. The fraction of sp³-hybridized carbons (Fsp3) is 0.222. The summed E-state index contributed by atoms with van der Waals surface area (Å²) in [6.45, 7) is 3.71. The van der Waals surface area contributed by atoms with Crippen LogP contribution in [0.4, 0.5) is 18.9 Å². The van der Waals surface area contributed by atoms with Gasteiger partial charge in [0.1, 0.15) is 0 Å². The van der Waals surface area contributed by atoms with E-state index in [0.29, 0.717) is 16.6 Å². The Kier molecular flexibility index (Phi) is 11.4. The molecule has 3 aromatic rings. The number of anilines is 1. The zero-order chi connectivity index (χ0) is 28.4. The molecular formula is C27H25BrClF3N4O2S. The molecule has 0 aromatic heterocycles. The van der Waals surface area contributed by atoms with Crippen molar-refractivity contribution in [3.05, 3.63) is 98.0 Å². The summed E-state index contributed by atoms with van der Waals surface area (Å²) in [4.78, 5) is 25.7. The first kappa shape index (κ1) is 30.7. The topological polar surface area (TPSA) is 82.6 Å². The number of nitrogens with one attached hydrogen (secondary N) is 3. The predicted molar refractivity (Wildman–Crippen MR) is 155 cm³/mol. The van der Waals surface area contributed by atoms with Crippen LogP contribution in [0.2, 0.25) is 5.02 Å². The van der Waals surface area contributed by atoms with Gasteiger partial charge in [0.05, 0.1) is 28.1 Å². The summed E-state index contributed by atoms with van der Waals surface area (Å²) in [7, 11) is 0. The van der Waals surface area contributed by atoms with Crippen LogP contribution in [0.1, 0.15) is 44.3 Å². The van der Waals surface area contributed by atoms with Crippen molar-refractivity contribution in [1.29, 1.82) is 0 Å². The molecule has 2 amide bonds. The van der Waals surface area contributed by atoms with Crippen LogP contribution in [-0.2, 0) is 12.7 Å². The predicted octanol–water partition coefficient (Wildman–Crippen LogP) is 6.98. The zero-order valence-electron chi connectivity index (χ0n) is 20.7. The van der Waals surface area contributed by atoms with E-state index >= 15 is 0 Å². The number of hydrazone groups is 1. The number of hydrogen-bond donors (Lipinski definition) is 3. The molecule has 0 fully saturated rings. The number of benzene rings is 3. The summed E-state index contributed by atoms with van der Waals surface area (Å²) in [5, 5.41) is 9.40. The summed E-state index contributed by atoms with van der Waals surface area (Å²) in [6, 6.07) is 15.1. The normalized spacial score (nSPS) is 11.5. The standard InChI is InChI=1S/C27H25BrClF3N4O2S/c1-2-39-12-11-33-15-17-3-6-19(7-4-17)25(37)35-24-10-8-20(28)14-21(24)26(38)36-34-16-18-5-9-23(29)22(13-18)27(30,31)32/h3-10,13-14,16,33H,2,11-12,15H2,1H3,(H,35,37)(H,36,38). The van der Waals surface area contributed by atoms with Gasteiger partial charge >= 0.3 is 6.18 Å². The minimum atomic E-state index is -4.63. The van der Waals surface area contributed by atoms with Crippen LogP contribution in [0, 0.1) is 0 Å². The Morgan fingerprint density at radius 1 is 1.05 bits per heavy atom. The van der Waals surface area contributed by atoms with Gasteiger partial charge in [0.25, 0.3) is 11.8 Å². The van der Waals surface area contributed by atoms with E-state index in [1.54, 1.807) is 24.3 Å². The van der Waals surface area contributed by atoms with Gasteiger partial charge in [-0.15, -0.1) is 0 Å². The van der Waals surface area contributed by atoms with Crippen molar-refractivity contribution in [1.82, 2.24) is 10.7 Å². The lowest BCUT2D eigenvalue weighted by Gasteiger charge is -2.11. The Bertz CT molecular complexity index is 1340. The van der Waals surface area contributed by atoms with Crippen molar-refractivity contribution in [2.45, 2.75) is 19.6 Å². The Morgan fingerprint density at radius 2 is 1.79 bits per heavy atom. The molecule has 0 saturated heterocycles. The van der Waals surface area contributed by atoms with E-state index < -0.39 is 28.6 Å². The maximum absolute atomic E-state index is 13.1. The number of alkyl halides is 3. The van der Waals surface area contributed by atoms with Gasteiger partial charge in [-0.1, -0.05) is 52.7 Å². The van der Waals surface area contributed by atoms with Gasteiger partial charge in [-0.25, -0.2) is 5.43 Å². The van der Waals surface area contributed by atoms with Crippen LogP contribution in [0.3, 0.4) is 0 Å². The molecule has 0 atom stereocenters. The van der Waals surface area contributed by atoms with Gasteiger partial charge < -0.3 is 10.6 Å². The molecule has 0 aliphatic heterocycles.